The van der Waals surface area contributed by atoms with Crippen molar-refractivity contribution in [2.75, 3.05) is 19.6 Å². The van der Waals surface area contributed by atoms with Crippen molar-refractivity contribution in [3.05, 3.63) is 65.2 Å². The van der Waals surface area contributed by atoms with E-state index in [-0.39, 0.29) is 0 Å². The van der Waals surface area contributed by atoms with Gasteiger partial charge in [0.25, 0.3) is 0 Å². The molecule has 3 aliphatic rings. The molecule has 2 aromatic carbocycles. The lowest BCUT2D eigenvalue weighted by molar-refractivity contribution is 0.218. The summed E-state index contributed by atoms with van der Waals surface area (Å²) in [7, 11) is 0. The minimum absolute atomic E-state index is 0.738. The van der Waals surface area contributed by atoms with E-state index in [9.17, 15) is 0 Å². The number of fused-ring (bicyclic) bond motifs is 3. The highest BCUT2D eigenvalue weighted by Crippen LogP contribution is 2.30. The van der Waals surface area contributed by atoms with Gasteiger partial charge in [-0.2, -0.15) is 0 Å². The van der Waals surface area contributed by atoms with Crippen molar-refractivity contribution in [2.45, 2.75) is 42.9 Å². The molecule has 3 heterocycles. The van der Waals surface area contributed by atoms with Gasteiger partial charge in [0, 0.05) is 49.7 Å². The molecule has 130 valence electrons. The summed E-state index contributed by atoms with van der Waals surface area (Å²) in [6.45, 7) is 5.67. The number of benzene rings is 2. The number of rotatable bonds is 4. The van der Waals surface area contributed by atoms with Crippen molar-refractivity contribution in [1.29, 1.82) is 0 Å². The van der Waals surface area contributed by atoms with E-state index >= 15 is 0 Å². The van der Waals surface area contributed by atoms with Gasteiger partial charge in [0.05, 0.1) is 0 Å². The molecular formula is C21H25N3S. The van der Waals surface area contributed by atoms with E-state index < -0.39 is 0 Å². The monoisotopic (exact) mass is 351 g/mol. The Morgan fingerprint density at radius 1 is 1.04 bits per heavy atom. The summed E-state index contributed by atoms with van der Waals surface area (Å²) >= 11 is 1.90. The van der Waals surface area contributed by atoms with E-state index in [0.29, 0.717) is 0 Å². The zero-order valence-corrected chi connectivity index (χ0v) is 15.3. The summed E-state index contributed by atoms with van der Waals surface area (Å²) in [5, 5.41) is 3.58. The Bertz CT molecular complexity index is 745. The van der Waals surface area contributed by atoms with E-state index in [1.165, 1.54) is 41.1 Å². The molecule has 2 bridgehead atoms. The Morgan fingerprint density at radius 2 is 1.88 bits per heavy atom. The topological polar surface area (TPSA) is 18.5 Å². The van der Waals surface area contributed by atoms with Gasteiger partial charge < -0.3 is 5.32 Å². The van der Waals surface area contributed by atoms with Crippen molar-refractivity contribution in [3.8, 4) is 0 Å². The van der Waals surface area contributed by atoms with E-state index in [4.69, 9.17) is 0 Å². The summed E-state index contributed by atoms with van der Waals surface area (Å²) in [5.41, 5.74) is 4.44. The van der Waals surface area contributed by atoms with Crippen molar-refractivity contribution < 1.29 is 0 Å². The third kappa shape index (κ3) is 3.36. The molecule has 2 saturated heterocycles. The van der Waals surface area contributed by atoms with Crippen LogP contribution < -0.4 is 5.32 Å². The van der Waals surface area contributed by atoms with Gasteiger partial charge >= 0.3 is 0 Å². The first-order valence-electron chi connectivity index (χ1n) is 9.39. The summed E-state index contributed by atoms with van der Waals surface area (Å²) in [4.78, 5) is 4.00. The van der Waals surface area contributed by atoms with Gasteiger partial charge in [0.1, 0.15) is 0 Å². The molecule has 4 heteroatoms. The molecule has 2 unspecified atom stereocenters. The Kier molecular flexibility index (Phi) is 4.30. The SMILES string of the molecule is c1ccc2c(c1)CCN(Sc1ccc(CN3CC4CC3CN4)cc1)C2. The Labute approximate surface area is 154 Å². The van der Waals surface area contributed by atoms with E-state index in [0.717, 1.165) is 38.1 Å². The normalized spacial score (nSPS) is 26.1. The second-order valence-electron chi connectivity index (χ2n) is 7.54. The molecule has 3 aliphatic heterocycles. The number of hydrogen-bond donors (Lipinski definition) is 1. The molecule has 1 N–H and O–H groups in total. The summed E-state index contributed by atoms with van der Waals surface area (Å²) in [6.07, 6.45) is 2.50. The van der Waals surface area contributed by atoms with Crippen LogP contribution in [0.2, 0.25) is 0 Å². The fourth-order valence-electron chi connectivity index (χ4n) is 4.43. The second kappa shape index (κ2) is 6.76. The number of nitrogens with one attached hydrogen (secondary N) is 1. The molecule has 0 amide bonds. The summed E-state index contributed by atoms with van der Waals surface area (Å²) in [5.74, 6) is 0. The van der Waals surface area contributed by atoms with Crippen molar-refractivity contribution in [1.82, 2.24) is 14.5 Å². The highest BCUT2D eigenvalue weighted by Gasteiger charge is 2.37. The molecule has 2 fully saturated rings. The van der Waals surface area contributed by atoms with Gasteiger partial charge in [-0.05, 0) is 53.6 Å². The van der Waals surface area contributed by atoms with Gasteiger partial charge in [-0.3, -0.25) is 4.90 Å². The summed E-state index contributed by atoms with van der Waals surface area (Å²) < 4.78 is 2.49. The van der Waals surface area contributed by atoms with Crippen molar-refractivity contribution in [3.63, 3.8) is 0 Å². The average molecular weight is 352 g/mol. The molecule has 2 aromatic rings. The second-order valence-corrected chi connectivity index (χ2v) is 8.71. The number of piperazine rings is 1. The lowest BCUT2D eigenvalue weighted by atomic mass is 10.0. The molecule has 0 saturated carbocycles. The van der Waals surface area contributed by atoms with Crippen LogP contribution in [0.4, 0.5) is 0 Å². The van der Waals surface area contributed by atoms with Crippen LogP contribution >= 0.6 is 11.9 Å². The molecule has 0 aromatic heterocycles. The van der Waals surface area contributed by atoms with E-state index in [1.54, 1.807) is 0 Å². The molecule has 0 spiro atoms. The van der Waals surface area contributed by atoms with Crippen LogP contribution in [0.25, 0.3) is 0 Å². The lowest BCUT2D eigenvalue weighted by Gasteiger charge is -2.28. The maximum absolute atomic E-state index is 3.58. The number of likely N-dealkylation sites (tertiary alicyclic amines) is 1. The minimum atomic E-state index is 0.738. The predicted octanol–water partition coefficient (Wildman–Crippen LogP) is 3.30. The number of hydrogen-bond acceptors (Lipinski definition) is 4. The highest BCUT2D eigenvalue weighted by atomic mass is 32.2. The lowest BCUT2D eigenvalue weighted by Crippen LogP contribution is -2.42. The fraction of sp³-hybridized carbons (Fsp3) is 0.429. The largest absolute Gasteiger partial charge is 0.311 e. The smallest absolute Gasteiger partial charge is 0.0346 e. The quantitative estimate of drug-likeness (QED) is 0.852. The third-order valence-electron chi connectivity index (χ3n) is 5.81. The van der Waals surface area contributed by atoms with Crippen LogP contribution in [0.3, 0.4) is 0 Å². The van der Waals surface area contributed by atoms with Crippen LogP contribution in [-0.4, -0.2) is 40.9 Å². The standard InChI is InChI=1S/C21H25N3S/c1-2-4-18-14-24(10-9-17(18)3-1)25-21-7-5-16(6-8-21)13-23-15-19-11-20(23)12-22-19/h1-8,19-20,22H,9-15H2. The van der Waals surface area contributed by atoms with Crippen LogP contribution in [0.1, 0.15) is 23.1 Å². The fourth-order valence-corrected chi connectivity index (χ4v) is 5.37. The van der Waals surface area contributed by atoms with Crippen LogP contribution in [0.5, 0.6) is 0 Å². The Balaban J connectivity index is 1.20. The average Bonchev–Trinajstić information content (AvgIpc) is 3.26. The maximum Gasteiger partial charge on any atom is 0.0346 e. The zero-order chi connectivity index (χ0) is 16.6. The molecular weight excluding hydrogens is 326 g/mol. The van der Waals surface area contributed by atoms with E-state index in [1.807, 2.05) is 11.9 Å². The molecule has 25 heavy (non-hydrogen) atoms. The zero-order valence-electron chi connectivity index (χ0n) is 14.5. The van der Waals surface area contributed by atoms with Gasteiger partial charge in [-0.25, -0.2) is 4.31 Å². The number of nitrogens with zero attached hydrogens (tertiary/aromatic N) is 2. The summed E-state index contributed by atoms with van der Waals surface area (Å²) in [6, 6.07) is 19.6. The van der Waals surface area contributed by atoms with E-state index in [2.05, 4.69) is 63.1 Å². The molecule has 0 aliphatic carbocycles. The molecule has 2 atom stereocenters. The first-order chi connectivity index (χ1) is 12.3. The van der Waals surface area contributed by atoms with Gasteiger partial charge in [-0.15, -0.1) is 0 Å². The van der Waals surface area contributed by atoms with Crippen LogP contribution in [0, 0.1) is 0 Å². The molecule has 3 nitrogen and oxygen atoms in total. The van der Waals surface area contributed by atoms with Gasteiger partial charge in [0.2, 0.25) is 0 Å². The van der Waals surface area contributed by atoms with Crippen molar-refractivity contribution in [2.24, 2.45) is 0 Å². The molecule has 0 radical (unpaired) electrons. The maximum atomic E-state index is 3.58. The Morgan fingerprint density at radius 3 is 2.64 bits per heavy atom. The van der Waals surface area contributed by atoms with Gasteiger partial charge in [-0.1, -0.05) is 36.4 Å². The Hall–Kier alpha value is -1.33. The first kappa shape index (κ1) is 15.9. The highest BCUT2D eigenvalue weighted by molar-refractivity contribution is 7.97. The predicted molar refractivity (Wildman–Crippen MR) is 103 cm³/mol. The van der Waals surface area contributed by atoms with Crippen LogP contribution in [0.15, 0.2) is 53.4 Å². The first-order valence-corrected chi connectivity index (χ1v) is 10.2. The third-order valence-corrected chi connectivity index (χ3v) is 6.86. The minimum Gasteiger partial charge on any atom is -0.311 e. The molecule has 5 rings (SSSR count). The van der Waals surface area contributed by atoms with Gasteiger partial charge in [0.15, 0.2) is 0 Å². The van der Waals surface area contributed by atoms with Crippen LogP contribution in [-0.2, 0) is 19.5 Å². The van der Waals surface area contributed by atoms with Crippen molar-refractivity contribution >= 4 is 11.9 Å².